The van der Waals surface area contributed by atoms with Gasteiger partial charge in [-0.05, 0) is 24.6 Å². The lowest BCUT2D eigenvalue weighted by Crippen LogP contribution is -2.37. The number of imidazole rings is 1. The van der Waals surface area contributed by atoms with Crippen LogP contribution >= 0.6 is 11.8 Å². The largest absolute Gasteiger partial charge is 0.492 e. The molecule has 1 saturated heterocycles. The number of morpholine rings is 1. The number of hydrogen-bond acceptors (Lipinski definition) is 8. The van der Waals surface area contributed by atoms with Crippen molar-refractivity contribution in [3.8, 4) is 5.75 Å². The predicted octanol–water partition coefficient (Wildman–Crippen LogP) is 2.47. The molecule has 1 fully saturated rings. The summed E-state index contributed by atoms with van der Waals surface area (Å²) in [6.45, 7) is 5.56. The lowest BCUT2D eigenvalue weighted by atomic mass is 10.2. The second kappa shape index (κ2) is 8.24. The molecule has 0 spiro atoms. The van der Waals surface area contributed by atoms with E-state index in [1.807, 2.05) is 36.7 Å². The number of nitrogen functional groups attached to an aromatic ring is 1. The fourth-order valence-electron chi connectivity index (χ4n) is 3.16. The zero-order chi connectivity index (χ0) is 19.5. The molecule has 0 unspecified atom stereocenters. The Balaban J connectivity index is 1.58. The van der Waals surface area contributed by atoms with Gasteiger partial charge in [0.2, 0.25) is 0 Å². The van der Waals surface area contributed by atoms with Gasteiger partial charge in [-0.25, -0.2) is 15.0 Å². The van der Waals surface area contributed by atoms with Gasteiger partial charge in [0.1, 0.15) is 5.75 Å². The van der Waals surface area contributed by atoms with Crippen molar-refractivity contribution < 1.29 is 9.47 Å². The molecular formula is C19H24N6O2S. The fraction of sp³-hybridized carbons (Fsp3) is 0.421. The highest BCUT2D eigenvalue weighted by atomic mass is 32.2. The van der Waals surface area contributed by atoms with Crippen LogP contribution in [0.3, 0.4) is 0 Å². The molecule has 8 nitrogen and oxygen atoms in total. The van der Waals surface area contributed by atoms with E-state index in [4.69, 9.17) is 25.2 Å². The van der Waals surface area contributed by atoms with Crippen molar-refractivity contribution in [2.45, 2.75) is 17.8 Å². The van der Waals surface area contributed by atoms with Crippen molar-refractivity contribution in [1.29, 1.82) is 0 Å². The Labute approximate surface area is 168 Å². The summed E-state index contributed by atoms with van der Waals surface area (Å²) in [4.78, 5) is 16.3. The van der Waals surface area contributed by atoms with Crippen molar-refractivity contribution >= 4 is 34.4 Å². The van der Waals surface area contributed by atoms with Gasteiger partial charge in [0, 0.05) is 25.9 Å². The summed E-state index contributed by atoms with van der Waals surface area (Å²) in [6.07, 6.45) is 1.78. The summed E-state index contributed by atoms with van der Waals surface area (Å²) in [6, 6.07) is 5.89. The van der Waals surface area contributed by atoms with Gasteiger partial charge in [-0.2, -0.15) is 0 Å². The second-order valence-corrected chi connectivity index (χ2v) is 7.49. The summed E-state index contributed by atoms with van der Waals surface area (Å²) >= 11 is 1.59. The summed E-state index contributed by atoms with van der Waals surface area (Å²) in [5, 5.41) is 0.727. The third kappa shape index (κ3) is 3.85. The Kier molecular flexibility index (Phi) is 5.54. The van der Waals surface area contributed by atoms with Gasteiger partial charge in [0.05, 0.1) is 31.8 Å². The quantitative estimate of drug-likeness (QED) is 0.383. The molecule has 0 aliphatic carbocycles. The Morgan fingerprint density at radius 2 is 2.07 bits per heavy atom. The number of anilines is 2. The number of ether oxygens (including phenoxy) is 2. The Morgan fingerprint density at radius 1 is 1.25 bits per heavy atom. The van der Waals surface area contributed by atoms with Gasteiger partial charge in [-0.3, -0.25) is 0 Å². The number of nitrogens with zero attached hydrogens (tertiary/aromatic N) is 5. The molecule has 0 saturated carbocycles. The SMILES string of the molecule is CCOc1ccc(CSc2nc(N3CCOCC3)c3ncn(C)c3n2)cc1N. The van der Waals surface area contributed by atoms with Crippen molar-refractivity contribution in [3.05, 3.63) is 30.1 Å². The van der Waals surface area contributed by atoms with Gasteiger partial charge in [-0.1, -0.05) is 17.8 Å². The molecule has 1 aliphatic heterocycles. The molecule has 1 aliphatic rings. The zero-order valence-corrected chi connectivity index (χ0v) is 16.9. The third-order valence-electron chi connectivity index (χ3n) is 4.57. The maximum atomic E-state index is 6.08. The summed E-state index contributed by atoms with van der Waals surface area (Å²) in [5.74, 6) is 2.32. The molecular weight excluding hydrogens is 376 g/mol. The van der Waals surface area contributed by atoms with Crippen LogP contribution in [0.4, 0.5) is 11.5 Å². The van der Waals surface area contributed by atoms with E-state index in [1.54, 1.807) is 18.1 Å². The van der Waals surface area contributed by atoms with E-state index in [-0.39, 0.29) is 0 Å². The number of benzene rings is 1. The van der Waals surface area contributed by atoms with E-state index in [0.717, 1.165) is 52.3 Å². The maximum Gasteiger partial charge on any atom is 0.191 e. The van der Waals surface area contributed by atoms with Gasteiger partial charge < -0.3 is 24.7 Å². The Morgan fingerprint density at radius 3 is 2.82 bits per heavy atom. The Bertz CT molecular complexity index is 970. The number of rotatable bonds is 6. The molecule has 148 valence electrons. The van der Waals surface area contributed by atoms with Crippen LogP contribution in [0.5, 0.6) is 5.75 Å². The smallest absolute Gasteiger partial charge is 0.191 e. The summed E-state index contributed by atoms with van der Waals surface area (Å²) < 4.78 is 12.9. The molecule has 4 rings (SSSR count). The highest BCUT2D eigenvalue weighted by Gasteiger charge is 2.20. The Hall–Kier alpha value is -2.52. The summed E-state index contributed by atoms with van der Waals surface area (Å²) in [7, 11) is 1.95. The van der Waals surface area contributed by atoms with Gasteiger partial charge in [0.15, 0.2) is 22.1 Å². The van der Waals surface area contributed by atoms with Gasteiger partial charge in [-0.15, -0.1) is 0 Å². The predicted molar refractivity (Wildman–Crippen MR) is 111 cm³/mol. The zero-order valence-electron chi connectivity index (χ0n) is 16.1. The van der Waals surface area contributed by atoms with Crippen LogP contribution < -0.4 is 15.4 Å². The normalized spacial score (nSPS) is 14.6. The number of nitrogens with two attached hydrogens (primary N) is 1. The molecule has 2 N–H and O–H groups in total. The highest BCUT2D eigenvalue weighted by molar-refractivity contribution is 7.98. The fourth-order valence-corrected chi connectivity index (χ4v) is 3.93. The van der Waals surface area contributed by atoms with E-state index in [1.165, 1.54) is 0 Å². The molecule has 3 heterocycles. The molecule has 28 heavy (non-hydrogen) atoms. The van der Waals surface area contributed by atoms with Gasteiger partial charge >= 0.3 is 0 Å². The first-order valence-corrected chi connectivity index (χ1v) is 10.3. The second-order valence-electron chi connectivity index (χ2n) is 6.55. The lowest BCUT2D eigenvalue weighted by Gasteiger charge is -2.28. The van der Waals surface area contributed by atoms with Crippen LogP contribution in [-0.2, 0) is 17.5 Å². The number of hydrogen-bond donors (Lipinski definition) is 1. The molecule has 3 aromatic rings. The van der Waals surface area contributed by atoms with Crippen LogP contribution in [0.1, 0.15) is 12.5 Å². The van der Waals surface area contributed by atoms with E-state index >= 15 is 0 Å². The van der Waals surface area contributed by atoms with Crippen LogP contribution in [0, 0.1) is 0 Å². The lowest BCUT2D eigenvalue weighted by molar-refractivity contribution is 0.122. The molecule has 2 aromatic heterocycles. The van der Waals surface area contributed by atoms with Crippen LogP contribution in [0.25, 0.3) is 11.2 Å². The van der Waals surface area contributed by atoms with Crippen LogP contribution in [0.2, 0.25) is 0 Å². The van der Waals surface area contributed by atoms with Crippen molar-refractivity contribution in [2.75, 3.05) is 43.5 Å². The van der Waals surface area contributed by atoms with Crippen molar-refractivity contribution in [2.24, 2.45) is 7.05 Å². The van der Waals surface area contributed by atoms with Gasteiger partial charge in [0.25, 0.3) is 0 Å². The van der Waals surface area contributed by atoms with Crippen molar-refractivity contribution in [1.82, 2.24) is 19.5 Å². The van der Waals surface area contributed by atoms with E-state index in [9.17, 15) is 0 Å². The minimum atomic E-state index is 0.598. The number of thioether (sulfide) groups is 1. The molecule has 0 amide bonds. The van der Waals surface area contributed by atoms with E-state index in [0.29, 0.717) is 25.5 Å². The first-order valence-electron chi connectivity index (χ1n) is 9.31. The highest BCUT2D eigenvalue weighted by Crippen LogP contribution is 2.30. The number of fused-ring (bicyclic) bond motifs is 1. The third-order valence-corrected chi connectivity index (χ3v) is 5.49. The minimum absolute atomic E-state index is 0.598. The number of aryl methyl sites for hydroxylation is 1. The first kappa shape index (κ1) is 18.8. The van der Waals surface area contributed by atoms with E-state index < -0.39 is 0 Å². The molecule has 0 atom stereocenters. The number of aromatic nitrogens is 4. The molecule has 0 radical (unpaired) electrons. The van der Waals surface area contributed by atoms with Crippen LogP contribution in [0.15, 0.2) is 29.7 Å². The molecule has 1 aromatic carbocycles. The standard InChI is InChI=1S/C19H24N6O2S/c1-3-27-15-5-4-13(10-14(15)20)11-28-19-22-17-16(21-12-24(17)2)18(23-19)25-6-8-26-9-7-25/h4-5,10,12H,3,6-9,11,20H2,1-2H3. The monoisotopic (exact) mass is 400 g/mol. The average Bonchev–Trinajstić information content (AvgIpc) is 3.09. The topological polar surface area (TPSA) is 91.3 Å². The van der Waals surface area contributed by atoms with Crippen molar-refractivity contribution in [3.63, 3.8) is 0 Å². The first-order chi connectivity index (χ1) is 13.7. The van der Waals surface area contributed by atoms with E-state index in [2.05, 4.69) is 9.88 Å². The minimum Gasteiger partial charge on any atom is -0.492 e. The average molecular weight is 401 g/mol. The molecule has 9 heteroatoms. The molecule has 0 bridgehead atoms. The van der Waals surface area contributed by atoms with Crippen LogP contribution in [-0.4, -0.2) is 52.4 Å². The maximum absolute atomic E-state index is 6.08. The summed E-state index contributed by atoms with van der Waals surface area (Å²) in [5.41, 5.74) is 9.51.